The van der Waals surface area contributed by atoms with Crippen LogP contribution >= 0.6 is 23.2 Å². The fourth-order valence-corrected chi connectivity index (χ4v) is 3.69. The van der Waals surface area contributed by atoms with Crippen molar-refractivity contribution in [2.24, 2.45) is 0 Å². The highest BCUT2D eigenvalue weighted by Crippen LogP contribution is 2.17. The van der Waals surface area contributed by atoms with E-state index in [4.69, 9.17) is 23.2 Å². The van der Waals surface area contributed by atoms with Gasteiger partial charge in [0.1, 0.15) is 5.75 Å². The van der Waals surface area contributed by atoms with E-state index in [-0.39, 0.29) is 24.3 Å². The van der Waals surface area contributed by atoms with Crippen LogP contribution in [0.5, 0.6) is 5.75 Å². The molecule has 1 atom stereocenters. The van der Waals surface area contributed by atoms with Gasteiger partial charge in [0.05, 0.1) is 12.6 Å². The Labute approximate surface area is 188 Å². The number of phenolic OH excluding ortho intramolecular Hbond substituents is 1. The normalized spacial score (nSPS) is 11.8. The molecule has 164 valence electrons. The van der Waals surface area contributed by atoms with Crippen LogP contribution in [0.3, 0.4) is 0 Å². The molecule has 0 spiro atoms. The molecule has 5 nitrogen and oxygen atoms in total. The van der Waals surface area contributed by atoms with Gasteiger partial charge in [-0.2, -0.15) is 0 Å². The topological polar surface area (TPSA) is 72.8 Å². The number of aliphatic hydroxyl groups is 1. The van der Waals surface area contributed by atoms with Crippen molar-refractivity contribution in [2.75, 3.05) is 36.4 Å². The SMILES string of the molecule is O=C(CCCc1ccc(N(CCCl)CCCl)cc1)N[C@H](CO)Cc1ccc(O)cc1. The van der Waals surface area contributed by atoms with Gasteiger partial charge in [-0.15, -0.1) is 23.2 Å². The smallest absolute Gasteiger partial charge is 0.220 e. The summed E-state index contributed by atoms with van der Waals surface area (Å²) in [5.74, 6) is 1.23. The van der Waals surface area contributed by atoms with Crippen LogP contribution in [0.15, 0.2) is 48.5 Å². The van der Waals surface area contributed by atoms with Crippen LogP contribution in [0, 0.1) is 0 Å². The summed E-state index contributed by atoms with van der Waals surface area (Å²) in [6.07, 6.45) is 2.46. The Bertz CT molecular complexity index is 748. The molecule has 0 aromatic heterocycles. The minimum atomic E-state index is -0.337. The first-order valence-electron chi connectivity index (χ1n) is 10.2. The Balaban J connectivity index is 1.76. The highest BCUT2D eigenvalue weighted by Gasteiger charge is 2.12. The minimum absolute atomic E-state index is 0.0696. The highest BCUT2D eigenvalue weighted by molar-refractivity contribution is 6.18. The maximum atomic E-state index is 12.2. The van der Waals surface area contributed by atoms with E-state index in [2.05, 4.69) is 34.5 Å². The molecule has 7 heteroatoms. The number of halogens is 2. The second-order valence-electron chi connectivity index (χ2n) is 7.20. The predicted octanol–water partition coefficient (Wildman–Crippen LogP) is 3.72. The number of rotatable bonds is 13. The van der Waals surface area contributed by atoms with Crippen LogP contribution in [-0.2, 0) is 17.6 Å². The first-order chi connectivity index (χ1) is 14.5. The van der Waals surface area contributed by atoms with Crippen molar-refractivity contribution in [1.29, 1.82) is 0 Å². The number of alkyl halides is 2. The lowest BCUT2D eigenvalue weighted by atomic mass is 10.0. The number of aliphatic hydroxyl groups excluding tert-OH is 1. The second-order valence-corrected chi connectivity index (χ2v) is 7.96. The number of hydrogen-bond donors (Lipinski definition) is 3. The molecule has 0 saturated carbocycles. The molecule has 0 saturated heterocycles. The van der Waals surface area contributed by atoms with E-state index in [9.17, 15) is 15.0 Å². The first-order valence-corrected chi connectivity index (χ1v) is 11.3. The molecule has 30 heavy (non-hydrogen) atoms. The van der Waals surface area contributed by atoms with Crippen molar-refractivity contribution >= 4 is 34.8 Å². The molecule has 1 amide bonds. The molecule has 0 fully saturated rings. The monoisotopic (exact) mass is 452 g/mol. The number of anilines is 1. The largest absolute Gasteiger partial charge is 0.508 e. The third-order valence-corrected chi connectivity index (χ3v) is 5.22. The third kappa shape index (κ3) is 8.42. The molecule has 0 heterocycles. The van der Waals surface area contributed by atoms with Crippen LogP contribution < -0.4 is 10.2 Å². The molecule has 2 aromatic carbocycles. The van der Waals surface area contributed by atoms with Crippen LogP contribution in [0.4, 0.5) is 5.69 Å². The molecule has 0 aliphatic carbocycles. The van der Waals surface area contributed by atoms with E-state index in [1.165, 1.54) is 5.56 Å². The fraction of sp³-hybridized carbons (Fsp3) is 0.435. The summed E-state index contributed by atoms with van der Waals surface area (Å²) in [5, 5.41) is 21.8. The summed E-state index contributed by atoms with van der Waals surface area (Å²) in [7, 11) is 0. The summed E-state index contributed by atoms with van der Waals surface area (Å²) >= 11 is 11.7. The number of benzene rings is 2. The van der Waals surface area contributed by atoms with Gasteiger partial charge in [0, 0.05) is 37.0 Å². The second kappa shape index (κ2) is 13.4. The van der Waals surface area contributed by atoms with E-state index >= 15 is 0 Å². The lowest BCUT2D eigenvalue weighted by molar-refractivity contribution is -0.122. The average Bonchev–Trinajstić information content (AvgIpc) is 2.75. The van der Waals surface area contributed by atoms with Crippen molar-refractivity contribution in [3.63, 3.8) is 0 Å². The van der Waals surface area contributed by atoms with Gasteiger partial charge in [0.15, 0.2) is 0 Å². The third-order valence-electron chi connectivity index (χ3n) is 4.88. The number of aryl methyl sites for hydroxylation is 1. The molecule has 3 N–H and O–H groups in total. The molecule has 0 unspecified atom stereocenters. The fourth-order valence-electron chi connectivity index (χ4n) is 3.28. The molecule has 0 aliphatic heterocycles. The first kappa shape index (κ1) is 24.3. The Morgan fingerprint density at radius 2 is 1.57 bits per heavy atom. The van der Waals surface area contributed by atoms with E-state index in [1.54, 1.807) is 24.3 Å². The van der Waals surface area contributed by atoms with Gasteiger partial charge in [-0.05, 0) is 54.7 Å². The summed E-state index contributed by atoms with van der Waals surface area (Å²) < 4.78 is 0. The number of carbonyl (C=O) groups is 1. The lowest BCUT2D eigenvalue weighted by Gasteiger charge is -2.23. The summed E-state index contributed by atoms with van der Waals surface area (Å²) in [6.45, 7) is 1.38. The standard InChI is InChI=1S/C23H30Cl2N2O3/c24-12-14-27(15-13-25)21-8-4-18(5-9-21)2-1-3-23(30)26-20(17-28)16-19-6-10-22(29)11-7-19/h4-11,20,28-29H,1-3,12-17H2,(H,26,30)/t20-/m0/s1. The maximum absolute atomic E-state index is 12.2. The van der Waals surface area contributed by atoms with E-state index in [0.29, 0.717) is 24.6 Å². The Morgan fingerprint density at radius 3 is 2.13 bits per heavy atom. The predicted molar refractivity (Wildman–Crippen MR) is 124 cm³/mol. The molecule has 2 aromatic rings. The van der Waals surface area contributed by atoms with Crippen LogP contribution in [-0.4, -0.2) is 53.6 Å². The number of nitrogens with zero attached hydrogens (tertiary/aromatic N) is 1. The Hall–Kier alpha value is -1.95. The Morgan fingerprint density at radius 1 is 0.967 bits per heavy atom. The zero-order valence-electron chi connectivity index (χ0n) is 17.1. The maximum Gasteiger partial charge on any atom is 0.220 e. The van der Waals surface area contributed by atoms with Gasteiger partial charge in [0.2, 0.25) is 5.91 Å². The highest BCUT2D eigenvalue weighted by atomic mass is 35.5. The van der Waals surface area contributed by atoms with Gasteiger partial charge in [0.25, 0.3) is 0 Å². The summed E-state index contributed by atoms with van der Waals surface area (Å²) in [6, 6.07) is 14.7. The van der Waals surface area contributed by atoms with Crippen LogP contribution in [0.2, 0.25) is 0 Å². The van der Waals surface area contributed by atoms with E-state index in [0.717, 1.165) is 37.2 Å². The minimum Gasteiger partial charge on any atom is -0.508 e. The van der Waals surface area contributed by atoms with E-state index in [1.807, 2.05) is 0 Å². The van der Waals surface area contributed by atoms with Crippen molar-refractivity contribution in [3.05, 3.63) is 59.7 Å². The van der Waals surface area contributed by atoms with Crippen molar-refractivity contribution in [3.8, 4) is 5.75 Å². The van der Waals surface area contributed by atoms with Gasteiger partial charge >= 0.3 is 0 Å². The van der Waals surface area contributed by atoms with Crippen molar-refractivity contribution in [2.45, 2.75) is 31.7 Å². The van der Waals surface area contributed by atoms with Crippen LogP contribution in [0.25, 0.3) is 0 Å². The van der Waals surface area contributed by atoms with Gasteiger partial charge < -0.3 is 20.4 Å². The number of hydrogen-bond acceptors (Lipinski definition) is 4. The zero-order chi connectivity index (χ0) is 21.8. The van der Waals surface area contributed by atoms with Gasteiger partial charge in [-0.25, -0.2) is 0 Å². The molecule has 2 rings (SSSR count). The molecular weight excluding hydrogens is 423 g/mol. The molecule has 0 aliphatic rings. The van der Waals surface area contributed by atoms with Crippen molar-refractivity contribution in [1.82, 2.24) is 5.32 Å². The summed E-state index contributed by atoms with van der Waals surface area (Å²) in [5.41, 5.74) is 3.22. The quantitative estimate of drug-likeness (QED) is 0.405. The summed E-state index contributed by atoms with van der Waals surface area (Å²) in [4.78, 5) is 14.4. The number of phenols is 1. The van der Waals surface area contributed by atoms with Crippen LogP contribution in [0.1, 0.15) is 24.0 Å². The average molecular weight is 453 g/mol. The molecule has 0 bridgehead atoms. The number of carbonyl (C=O) groups excluding carboxylic acids is 1. The number of nitrogens with one attached hydrogen (secondary N) is 1. The van der Waals surface area contributed by atoms with Crippen molar-refractivity contribution < 1.29 is 15.0 Å². The zero-order valence-corrected chi connectivity index (χ0v) is 18.6. The Kier molecular flexibility index (Phi) is 10.8. The molecule has 0 radical (unpaired) electrons. The molecular formula is C23H30Cl2N2O3. The number of aromatic hydroxyl groups is 1. The van der Waals surface area contributed by atoms with Gasteiger partial charge in [-0.3, -0.25) is 4.79 Å². The lowest BCUT2D eigenvalue weighted by Crippen LogP contribution is -2.39. The van der Waals surface area contributed by atoms with E-state index < -0.39 is 0 Å². The number of amides is 1. The van der Waals surface area contributed by atoms with Gasteiger partial charge in [-0.1, -0.05) is 24.3 Å².